The number of aromatic nitrogens is 2. The maximum absolute atomic E-state index is 13.1. The van der Waals surface area contributed by atoms with Crippen LogP contribution in [0, 0.1) is 0 Å². The summed E-state index contributed by atoms with van der Waals surface area (Å²) in [5, 5.41) is 11.1. The van der Waals surface area contributed by atoms with Crippen LogP contribution in [0.2, 0.25) is 0 Å². The first-order valence-electron chi connectivity index (χ1n) is 11.0. The zero-order valence-corrected chi connectivity index (χ0v) is 18.7. The van der Waals surface area contributed by atoms with Gasteiger partial charge in [-0.2, -0.15) is 0 Å². The number of aliphatic hydroxyl groups is 1. The van der Waals surface area contributed by atoms with Gasteiger partial charge in [0.25, 0.3) is 11.7 Å². The molecule has 1 saturated heterocycles. The maximum atomic E-state index is 13.1. The number of aryl methyl sites for hydroxylation is 1. The Labute approximate surface area is 192 Å². The highest BCUT2D eigenvalue weighted by atomic mass is 16.5. The lowest BCUT2D eigenvalue weighted by molar-refractivity contribution is -0.139. The molecular weight excluding hydrogens is 418 g/mol. The molecule has 1 unspecified atom stereocenters. The molecule has 2 heterocycles. The van der Waals surface area contributed by atoms with Gasteiger partial charge in [0.2, 0.25) is 0 Å². The lowest BCUT2D eigenvalue weighted by Crippen LogP contribution is -2.31. The number of ether oxygens (including phenoxy) is 1. The van der Waals surface area contributed by atoms with Crippen molar-refractivity contribution in [2.45, 2.75) is 39.0 Å². The van der Waals surface area contributed by atoms with Crippen molar-refractivity contribution in [1.82, 2.24) is 14.5 Å². The number of Topliss-reactive ketones (excluding diaryl/α,β-unsaturated/α-hetero) is 1. The summed E-state index contributed by atoms with van der Waals surface area (Å²) in [7, 11) is 0. The Morgan fingerprint density at radius 1 is 1.06 bits per heavy atom. The minimum atomic E-state index is -0.680. The third kappa shape index (κ3) is 4.82. The number of benzene rings is 2. The standard InChI is InChI=1S/C26H27N3O4/c1-18(2)33-21-11-9-19(10-12-21)23-22(24(30)20-7-4-3-5-8-20)25(31)26(32)29(23)15-6-14-28-16-13-27-17-28/h3-5,7-13,16-18,23,30H,6,14-15H2,1-2H3/b24-22-. The first kappa shape index (κ1) is 22.3. The highest BCUT2D eigenvalue weighted by Crippen LogP contribution is 2.39. The number of aliphatic hydroxyl groups excluding tert-OH is 1. The van der Waals surface area contributed by atoms with Gasteiger partial charge in [-0.3, -0.25) is 9.59 Å². The molecule has 1 aliphatic rings. The highest BCUT2D eigenvalue weighted by Gasteiger charge is 2.45. The van der Waals surface area contributed by atoms with E-state index in [1.54, 1.807) is 41.7 Å². The molecule has 0 aliphatic carbocycles. The smallest absolute Gasteiger partial charge is 0.295 e. The van der Waals surface area contributed by atoms with Crippen molar-refractivity contribution in [3.05, 3.63) is 90.0 Å². The number of ketones is 1. The normalized spacial score (nSPS) is 17.7. The summed E-state index contributed by atoms with van der Waals surface area (Å²) in [5.74, 6) is -0.746. The summed E-state index contributed by atoms with van der Waals surface area (Å²) in [5.41, 5.74) is 1.34. The molecule has 1 fully saturated rings. The Morgan fingerprint density at radius 2 is 1.79 bits per heavy atom. The predicted molar refractivity (Wildman–Crippen MR) is 125 cm³/mol. The Kier molecular flexibility index (Phi) is 6.58. The van der Waals surface area contributed by atoms with E-state index in [-0.39, 0.29) is 17.4 Å². The molecule has 3 aromatic rings. The minimum absolute atomic E-state index is 0.0303. The second-order valence-corrected chi connectivity index (χ2v) is 8.25. The molecule has 0 bridgehead atoms. The molecule has 2 aromatic carbocycles. The molecule has 7 nitrogen and oxygen atoms in total. The Balaban J connectivity index is 1.70. The van der Waals surface area contributed by atoms with Gasteiger partial charge in [0.1, 0.15) is 11.5 Å². The van der Waals surface area contributed by atoms with E-state index in [4.69, 9.17) is 4.74 Å². The lowest BCUT2D eigenvalue weighted by Gasteiger charge is -2.25. The Hall–Kier alpha value is -3.87. The van der Waals surface area contributed by atoms with Crippen molar-refractivity contribution < 1.29 is 19.4 Å². The van der Waals surface area contributed by atoms with Crippen molar-refractivity contribution >= 4 is 17.4 Å². The summed E-state index contributed by atoms with van der Waals surface area (Å²) < 4.78 is 7.66. The fraction of sp³-hybridized carbons (Fsp3) is 0.269. The van der Waals surface area contributed by atoms with Gasteiger partial charge < -0.3 is 19.3 Å². The molecule has 0 spiro atoms. The van der Waals surface area contributed by atoms with E-state index in [0.29, 0.717) is 30.8 Å². The molecule has 170 valence electrons. The fourth-order valence-corrected chi connectivity index (χ4v) is 4.05. The average Bonchev–Trinajstić information content (AvgIpc) is 3.42. The molecule has 1 aromatic heterocycles. The van der Waals surface area contributed by atoms with E-state index in [9.17, 15) is 14.7 Å². The van der Waals surface area contributed by atoms with Crippen LogP contribution in [-0.2, 0) is 16.1 Å². The second kappa shape index (κ2) is 9.73. The summed E-state index contributed by atoms with van der Waals surface area (Å²) >= 11 is 0. The zero-order chi connectivity index (χ0) is 23.4. The van der Waals surface area contributed by atoms with Gasteiger partial charge in [-0.25, -0.2) is 4.98 Å². The number of carbonyl (C=O) groups is 2. The highest BCUT2D eigenvalue weighted by molar-refractivity contribution is 6.46. The van der Waals surface area contributed by atoms with Crippen molar-refractivity contribution in [2.75, 3.05) is 6.54 Å². The molecule has 0 saturated carbocycles. The predicted octanol–water partition coefficient (Wildman–Crippen LogP) is 4.18. The van der Waals surface area contributed by atoms with Crippen LogP contribution in [0.25, 0.3) is 5.76 Å². The first-order valence-corrected chi connectivity index (χ1v) is 11.0. The van der Waals surface area contributed by atoms with Gasteiger partial charge in [0.15, 0.2) is 0 Å². The van der Waals surface area contributed by atoms with Crippen LogP contribution >= 0.6 is 0 Å². The number of carbonyl (C=O) groups excluding carboxylic acids is 2. The summed E-state index contributed by atoms with van der Waals surface area (Å²) in [6.45, 7) is 4.92. The molecule has 1 amide bonds. The SMILES string of the molecule is CC(C)Oc1ccc(C2/C(=C(/O)c3ccccc3)C(=O)C(=O)N2CCCn2ccnc2)cc1. The van der Waals surface area contributed by atoms with E-state index < -0.39 is 17.7 Å². The number of nitrogens with zero attached hydrogens (tertiary/aromatic N) is 3. The molecule has 4 rings (SSSR count). The molecule has 7 heteroatoms. The van der Waals surface area contributed by atoms with Gasteiger partial charge in [-0.15, -0.1) is 0 Å². The largest absolute Gasteiger partial charge is 0.507 e. The van der Waals surface area contributed by atoms with Crippen LogP contribution < -0.4 is 4.74 Å². The van der Waals surface area contributed by atoms with E-state index >= 15 is 0 Å². The van der Waals surface area contributed by atoms with Gasteiger partial charge in [0, 0.05) is 31.0 Å². The van der Waals surface area contributed by atoms with Crippen LogP contribution in [0.3, 0.4) is 0 Å². The van der Waals surface area contributed by atoms with Crippen molar-refractivity contribution in [3.8, 4) is 5.75 Å². The quantitative estimate of drug-likeness (QED) is 0.319. The van der Waals surface area contributed by atoms with Crippen LogP contribution in [0.15, 0.2) is 78.9 Å². The van der Waals surface area contributed by atoms with Crippen LogP contribution in [0.5, 0.6) is 5.75 Å². The molecule has 1 atom stereocenters. The van der Waals surface area contributed by atoms with Crippen LogP contribution in [0.1, 0.15) is 37.4 Å². The van der Waals surface area contributed by atoms with Crippen LogP contribution in [-0.4, -0.2) is 43.9 Å². The lowest BCUT2D eigenvalue weighted by atomic mass is 9.95. The van der Waals surface area contributed by atoms with Crippen LogP contribution in [0.4, 0.5) is 0 Å². The zero-order valence-electron chi connectivity index (χ0n) is 18.7. The van der Waals surface area contributed by atoms with E-state index in [1.807, 2.05) is 54.9 Å². The van der Waals surface area contributed by atoms with Crippen molar-refractivity contribution in [2.24, 2.45) is 0 Å². The van der Waals surface area contributed by atoms with E-state index in [0.717, 1.165) is 5.56 Å². The second-order valence-electron chi connectivity index (χ2n) is 8.25. The maximum Gasteiger partial charge on any atom is 0.295 e. The summed E-state index contributed by atoms with van der Waals surface area (Å²) in [6, 6.07) is 15.5. The third-order valence-corrected chi connectivity index (χ3v) is 5.53. The fourth-order valence-electron chi connectivity index (χ4n) is 4.05. The van der Waals surface area contributed by atoms with Gasteiger partial charge >= 0.3 is 0 Å². The Morgan fingerprint density at radius 3 is 2.42 bits per heavy atom. The molecular formula is C26H27N3O4. The average molecular weight is 446 g/mol. The van der Waals surface area contributed by atoms with Crippen molar-refractivity contribution in [3.63, 3.8) is 0 Å². The van der Waals surface area contributed by atoms with Crippen molar-refractivity contribution in [1.29, 1.82) is 0 Å². The molecule has 33 heavy (non-hydrogen) atoms. The molecule has 1 N–H and O–H groups in total. The number of hydrogen-bond donors (Lipinski definition) is 1. The number of rotatable bonds is 8. The Bertz CT molecular complexity index is 1140. The van der Waals surface area contributed by atoms with Gasteiger partial charge in [0.05, 0.1) is 24.0 Å². The topological polar surface area (TPSA) is 84.7 Å². The number of amides is 1. The first-order chi connectivity index (χ1) is 16.0. The van der Waals surface area contributed by atoms with E-state index in [2.05, 4.69) is 4.98 Å². The number of hydrogen-bond acceptors (Lipinski definition) is 5. The summed E-state index contributed by atoms with van der Waals surface area (Å²) in [6.07, 6.45) is 5.94. The third-order valence-electron chi connectivity index (χ3n) is 5.53. The van der Waals surface area contributed by atoms with Gasteiger partial charge in [-0.05, 0) is 38.0 Å². The van der Waals surface area contributed by atoms with Gasteiger partial charge in [-0.1, -0.05) is 42.5 Å². The molecule has 1 aliphatic heterocycles. The summed E-state index contributed by atoms with van der Waals surface area (Å²) in [4.78, 5) is 31.7. The molecule has 0 radical (unpaired) electrons. The minimum Gasteiger partial charge on any atom is -0.507 e. The monoisotopic (exact) mass is 445 g/mol. The van der Waals surface area contributed by atoms with E-state index in [1.165, 1.54) is 0 Å². The number of imidazole rings is 1. The number of likely N-dealkylation sites (tertiary alicyclic amines) is 1.